The summed E-state index contributed by atoms with van der Waals surface area (Å²) in [7, 11) is 0. The van der Waals surface area contributed by atoms with E-state index in [0.29, 0.717) is 5.82 Å². The fourth-order valence-electron chi connectivity index (χ4n) is 1.21. The first kappa shape index (κ1) is 10.6. The summed E-state index contributed by atoms with van der Waals surface area (Å²) >= 11 is 1.50. The van der Waals surface area contributed by atoms with Crippen LogP contribution in [0.5, 0.6) is 0 Å². The highest BCUT2D eigenvalue weighted by atomic mass is 32.2. The van der Waals surface area contributed by atoms with E-state index in [0.717, 1.165) is 5.75 Å². The zero-order chi connectivity index (χ0) is 11.2. The molecule has 16 heavy (non-hydrogen) atoms. The first-order valence-corrected chi connectivity index (χ1v) is 5.74. The van der Waals surface area contributed by atoms with Gasteiger partial charge in [-0.05, 0) is 16.0 Å². The molecule has 0 amide bonds. The number of nitrogens with one attached hydrogen (secondary N) is 1. The smallest absolute Gasteiger partial charge is 0.176 e. The molecule has 2 aromatic rings. The van der Waals surface area contributed by atoms with Crippen LogP contribution < -0.4 is 0 Å². The third-order valence-electron chi connectivity index (χ3n) is 1.99. The Morgan fingerprint density at radius 3 is 2.81 bits per heavy atom. The molecule has 0 spiro atoms. The van der Waals surface area contributed by atoms with Gasteiger partial charge in [0, 0.05) is 5.75 Å². The molecule has 0 aliphatic heterocycles. The van der Waals surface area contributed by atoms with Gasteiger partial charge in [-0.1, -0.05) is 30.3 Å². The van der Waals surface area contributed by atoms with Gasteiger partial charge in [0.15, 0.2) is 11.1 Å². The standard InChI is InChI=1S/C10H9N5S/c11-6-9(10-12-14-15-13-10)16-7-8-4-2-1-3-5-8/h1-5,9H,7H2,(H,12,13,14,15). The van der Waals surface area contributed by atoms with Crippen LogP contribution >= 0.6 is 11.8 Å². The summed E-state index contributed by atoms with van der Waals surface area (Å²) in [6.07, 6.45) is 0. The molecule has 0 radical (unpaired) electrons. The van der Waals surface area contributed by atoms with Crippen molar-refractivity contribution in [3.8, 4) is 6.07 Å². The number of rotatable bonds is 4. The Balaban J connectivity index is 1.97. The Morgan fingerprint density at radius 1 is 1.38 bits per heavy atom. The predicted molar refractivity (Wildman–Crippen MR) is 60.3 cm³/mol. The van der Waals surface area contributed by atoms with Crippen LogP contribution in [0.2, 0.25) is 0 Å². The van der Waals surface area contributed by atoms with Crippen molar-refractivity contribution in [2.75, 3.05) is 0 Å². The third-order valence-corrected chi connectivity index (χ3v) is 3.15. The first-order valence-electron chi connectivity index (χ1n) is 4.69. The van der Waals surface area contributed by atoms with Crippen LogP contribution in [-0.4, -0.2) is 20.6 Å². The average molecular weight is 231 g/mol. The van der Waals surface area contributed by atoms with E-state index in [1.165, 1.54) is 17.3 Å². The lowest BCUT2D eigenvalue weighted by Crippen LogP contribution is -1.95. The fraction of sp³-hybridized carbons (Fsp3) is 0.200. The lowest BCUT2D eigenvalue weighted by Gasteiger charge is -2.04. The van der Waals surface area contributed by atoms with E-state index in [4.69, 9.17) is 5.26 Å². The second-order valence-electron chi connectivity index (χ2n) is 3.09. The number of H-pyrrole nitrogens is 1. The van der Waals surface area contributed by atoms with Gasteiger partial charge in [0.2, 0.25) is 0 Å². The Morgan fingerprint density at radius 2 is 2.19 bits per heavy atom. The van der Waals surface area contributed by atoms with E-state index in [1.54, 1.807) is 0 Å². The zero-order valence-corrected chi connectivity index (χ0v) is 9.18. The second kappa shape index (κ2) is 5.28. The molecular formula is C10H9N5S. The van der Waals surface area contributed by atoms with Crippen molar-refractivity contribution in [1.29, 1.82) is 5.26 Å². The summed E-state index contributed by atoms with van der Waals surface area (Å²) in [5.41, 5.74) is 1.18. The van der Waals surface area contributed by atoms with Gasteiger partial charge in [-0.25, -0.2) is 5.10 Å². The highest BCUT2D eigenvalue weighted by molar-refractivity contribution is 7.99. The largest absolute Gasteiger partial charge is 0.241 e. The number of aromatic nitrogens is 4. The molecule has 1 heterocycles. The summed E-state index contributed by atoms with van der Waals surface area (Å²) in [5, 5.41) is 21.9. The van der Waals surface area contributed by atoms with Crippen LogP contribution in [0.1, 0.15) is 16.6 Å². The number of nitriles is 1. The van der Waals surface area contributed by atoms with Crippen LogP contribution in [0.3, 0.4) is 0 Å². The van der Waals surface area contributed by atoms with Crippen molar-refractivity contribution in [3.05, 3.63) is 41.7 Å². The number of hydrogen-bond acceptors (Lipinski definition) is 5. The van der Waals surface area contributed by atoms with Gasteiger partial charge in [-0.3, -0.25) is 0 Å². The molecule has 6 heteroatoms. The maximum Gasteiger partial charge on any atom is 0.176 e. The topological polar surface area (TPSA) is 78.2 Å². The summed E-state index contributed by atoms with van der Waals surface area (Å²) in [6, 6.07) is 12.1. The van der Waals surface area contributed by atoms with Crippen LogP contribution in [0.4, 0.5) is 0 Å². The van der Waals surface area contributed by atoms with E-state index in [9.17, 15) is 0 Å². The van der Waals surface area contributed by atoms with E-state index in [2.05, 4.69) is 26.7 Å². The van der Waals surface area contributed by atoms with Crippen molar-refractivity contribution in [3.63, 3.8) is 0 Å². The van der Waals surface area contributed by atoms with Gasteiger partial charge >= 0.3 is 0 Å². The van der Waals surface area contributed by atoms with Gasteiger partial charge in [-0.2, -0.15) is 5.26 Å². The number of hydrogen-bond donors (Lipinski definition) is 1. The normalized spacial score (nSPS) is 11.9. The minimum Gasteiger partial charge on any atom is -0.241 e. The quantitative estimate of drug-likeness (QED) is 0.866. The van der Waals surface area contributed by atoms with Crippen LogP contribution in [0.15, 0.2) is 30.3 Å². The van der Waals surface area contributed by atoms with E-state index in [-0.39, 0.29) is 5.25 Å². The monoisotopic (exact) mass is 231 g/mol. The summed E-state index contributed by atoms with van der Waals surface area (Å²) in [4.78, 5) is 0. The van der Waals surface area contributed by atoms with Gasteiger partial charge < -0.3 is 0 Å². The summed E-state index contributed by atoms with van der Waals surface area (Å²) in [5.74, 6) is 1.27. The molecule has 0 saturated heterocycles. The highest BCUT2D eigenvalue weighted by Crippen LogP contribution is 2.27. The molecule has 1 aromatic carbocycles. The van der Waals surface area contributed by atoms with E-state index in [1.807, 2.05) is 30.3 Å². The molecule has 80 valence electrons. The minimum atomic E-state index is -0.352. The van der Waals surface area contributed by atoms with Gasteiger partial charge in [0.25, 0.3) is 0 Å². The molecule has 1 N–H and O–H groups in total. The van der Waals surface area contributed by atoms with Gasteiger partial charge in [0.05, 0.1) is 6.07 Å². The van der Waals surface area contributed by atoms with E-state index < -0.39 is 0 Å². The first-order chi connectivity index (χ1) is 7.90. The third kappa shape index (κ3) is 2.58. The molecule has 2 rings (SSSR count). The number of nitrogens with zero attached hydrogens (tertiary/aromatic N) is 4. The fourth-order valence-corrected chi connectivity index (χ4v) is 2.09. The summed E-state index contributed by atoms with van der Waals surface area (Å²) in [6.45, 7) is 0. The molecule has 0 bridgehead atoms. The number of aromatic amines is 1. The molecular weight excluding hydrogens is 222 g/mol. The molecule has 0 aliphatic carbocycles. The average Bonchev–Trinajstić information content (AvgIpc) is 2.85. The van der Waals surface area contributed by atoms with Crippen molar-refractivity contribution >= 4 is 11.8 Å². The van der Waals surface area contributed by atoms with Gasteiger partial charge in [0.1, 0.15) is 0 Å². The molecule has 0 saturated carbocycles. The molecule has 1 unspecified atom stereocenters. The van der Waals surface area contributed by atoms with E-state index >= 15 is 0 Å². The van der Waals surface area contributed by atoms with Crippen LogP contribution in [0.25, 0.3) is 0 Å². The number of thioether (sulfide) groups is 1. The second-order valence-corrected chi connectivity index (χ2v) is 4.19. The van der Waals surface area contributed by atoms with Gasteiger partial charge in [-0.15, -0.1) is 16.9 Å². The van der Waals surface area contributed by atoms with Crippen LogP contribution in [0, 0.1) is 11.3 Å². The van der Waals surface area contributed by atoms with Crippen molar-refractivity contribution in [2.24, 2.45) is 0 Å². The minimum absolute atomic E-state index is 0.352. The Bertz CT molecular complexity index is 462. The maximum absolute atomic E-state index is 8.99. The molecule has 5 nitrogen and oxygen atoms in total. The molecule has 1 aromatic heterocycles. The number of tetrazole rings is 1. The summed E-state index contributed by atoms with van der Waals surface area (Å²) < 4.78 is 0. The Hall–Kier alpha value is -1.87. The molecule has 0 fully saturated rings. The van der Waals surface area contributed by atoms with Crippen molar-refractivity contribution < 1.29 is 0 Å². The van der Waals surface area contributed by atoms with Crippen molar-refractivity contribution in [1.82, 2.24) is 20.6 Å². The Labute approximate surface area is 96.9 Å². The Kier molecular flexibility index (Phi) is 3.51. The molecule has 0 aliphatic rings. The van der Waals surface area contributed by atoms with Crippen LogP contribution in [-0.2, 0) is 5.75 Å². The highest BCUT2D eigenvalue weighted by Gasteiger charge is 2.14. The molecule has 1 atom stereocenters. The SMILES string of the molecule is N#CC(SCc1ccccc1)c1nnn[nH]1. The van der Waals surface area contributed by atoms with Crippen molar-refractivity contribution in [2.45, 2.75) is 11.0 Å². The zero-order valence-electron chi connectivity index (χ0n) is 8.37. The predicted octanol–water partition coefficient (Wildman–Crippen LogP) is 1.70. The lowest BCUT2D eigenvalue weighted by atomic mass is 10.2. The lowest BCUT2D eigenvalue weighted by molar-refractivity contribution is 0.881. The number of benzene rings is 1. The maximum atomic E-state index is 8.99.